The molecule has 5 nitrogen and oxygen atoms in total. The van der Waals surface area contributed by atoms with E-state index in [1.807, 2.05) is 6.92 Å². The van der Waals surface area contributed by atoms with Crippen molar-refractivity contribution in [1.82, 2.24) is 4.98 Å². The number of hydrogen-bond acceptors (Lipinski definition) is 5. The van der Waals surface area contributed by atoms with Gasteiger partial charge in [-0.2, -0.15) is 0 Å². The third-order valence-electron chi connectivity index (χ3n) is 2.31. The predicted octanol–water partition coefficient (Wildman–Crippen LogP) is 3.02. The van der Waals surface area contributed by atoms with E-state index >= 15 is 0 Å². The molecule has 0 aliphatic heterocycles. The number of sulfonamides is 1. The zero-order chi connectivity index (χ0) is 14.0. The highest BCUT2D eigenvalue weighted by atomic mass is 79.9. The number of pyridine rings is 1. The fourth-order valence-corrected chi connectivity index (χ4v) is 4.67. The molecule has 2 heterocycles. The van der Waals surface area contributed by atoms with Crippen molar-refractivity contribution in [2.45, 2.75) is 11.1 Å². The standard InChI is InChI=1S/C11H11BrN2O3S2/c1-7-6-9(18-10(7)12)19(15,16)14-8-4-3-5-13-11(8)17-2/h3-6,14H,1-2H3. The molecule has 0 spiro atoms. The molecule has 0 fully saturated rings. The first-order valence-corrected chi connectivity index (χ1v) is 8.31. The van der Waals surface area contributed by atoms with Gasteiger partial charge in [0.25, 0.3) is 10.0 Å². The van der Waals surface area contributed by atoms with Gasteiger partial charge in [0.2, 0.25) is 5.88 Å². The number of hydrogen-bond donors (Lipinski definition) is 1. The Kier molecular flexibility index (Phi) is 4.12. The minimum atomic E-state index is -3.63. The zero-order valence-corrected chi connectivity index (χ0v) is 13.4. The normalized spacial score (nSPS) is 11.3. The van der Waals surface area contributed by atoms with Gasteiger partial charge in [-0.3, -0.25) is 4.72 Å². The number of rotatable bonds is 4. The fourth-order valence-electron chi connectivity index (χ4n) is 1.39. The lowest BCUT2D eigenvalue weighted by Gasteiger charge is -2.09. The van der Waals surface area contributed by atoms with Crippen LogP contribution < -0.4 is 9.46 Å². The topological polar surface area (TPSA) is 68.3 Å². The van der Waals surface area contributed by atoms with Crippen LogP contribution >= 0.6 is 27.3 Å². The van der Waals surface area contributed by atoms with Gasteiger partial charge in [0, 0.05) is 6.20 Å². The largest absolute Gasteiger partial charge is 0.480 e. The molecule has 0 aliphatic carbocycles. The van der Waals surface area contributed by atoms with Crippen molar-refractivity contribution in [2.24, 2.45) is 0 Å². The van der Waals surface area contributed by atoms with E-state index < -0.39 is 10.0 Å². The number of aryl methyl sites for hydroxylation is 1. The molecule has 2 aromatic heterocycles. The number of nitrogens with one attached hydrogen (secondary N) is 1. The van der Waals surface area contributed by atoms with Crippen LogP contribution in [0.2, 0.25) is 0 Å². The lowest BCUT2D eigenvalue weighted by atomic mass is 10.4. The van der Waals surface area contributed by atoms with Crippen LogP contribution in [-0.2, 0) is 10.0 Å². The number of ether oxygens (including phenoxy) is 1. The molecular formula is C11H11BrN2O3S2. The van der Waals surface area contributed by atoms with E-state index in [1.165, 1.54) is 13.3 Å². The molecule has 0 bridgehead atoms. The van der Waals surface area contributed by atoms with Crippen LogP contribution in [0.1, 0.15) is 5.56 Å². The Morgan fingerprint density at radius 1 is 1.47 bits per heavy atom. The molecule has 0 radical (unpaired) electrons. The summed E-state index contributed by atoms with van der Waals surface area (Å²) in [4.78, 5) is 3.94. The molecule has 2 aromatic rings. The summed E-state index contributed by atoms with van der Waals surface area (Å²) < 4.78 is 33.0. The molecule has 8 heteroatoms. The SMILES string of the molecule is COc1ncccc1NS(=O)(=O)c1cc(C)c(Br)s1. The molecule has 0 saturated heterocycles. The maximum Gasteiger partial charge on any atom is 0.271 e. The van der Waals surface area contributed by atoms with Gasteiger partial charge in [-0.25, -0.2) is 13.4 Å². The minimum Gasteiger partial charge on any atom is -0.480 e. The summed E-state index contributed by atoms with van der Waals surface area (Å²) in [5.74, 6) is 0.235. The maximum atomic E-state index is 12.2. The van der Waals surface area contributed by atoms with E-state index in [2.05, 4.69) is 25.6 Å². The lowest BCUT2D eigenvalue weighted by molar-refractivity contribution is 0.400. The Balaban J connectivity index is 2.36. The lowest BCUT2D eigenvalue weighted by Crippen LogP contribution is -2.12. The van der Waals surface area contributed by atoms with Crippen molar-refractivity contribution in [1.29, 1.82) is 0 Å². The second-order valence-electron chi connectivity index (χ2n) is 3.69. The quantitative estimate of drug-likeness (QED) is 0.907. The van der Waals surface area contributed by atoms with Crippen LogP contribution in [-0.4, -0.2) is 20.5 Å². The van der Waals surface area contributed by atoms with E-state index in [9.17, 15) is 8.42 Å². The highest BCUT2D eigenvalue weighted by molar-refractivity contribution is 9.11. The van der Waals surface area contributed by atoms with E-state index in [0.29, 0.717) is 5.69 Å². The van der Waals surface area contributed by atoms with Gasteiger partial charge in [0.05, 0.1) is 10.9 Å². The number of methoxy groups -OCH3 is 1. The minimum absolute atomic E-state index is 0.235. The molecule has 102 valence electrons. The van der Waals surface area contributed by atoms with Crippen LogP contribution in [0.25, 0.3) is 0 Å². The predicted molar refractivity (Wildman–Crippen MR) is 78.4 cm³/mol. The third-order valence-corrected chi connectivity index (χ3v) is 6.28. The molecule has 0 unspecified atom stereocenters. The Morgan fingerprint density at radius 3 is 2.79 bits per heavy atom. The van der Waals surface area contributed by atoms with Crippen LogP contribution in [0.4, 0.5) is 5.69 Å². The Labute approximate surface area is 123 Å². The first kappa shape index (κ1) is 14.3. The van der Waals surface area contributed by atoms with Gasteiger partial charge in [-0.15, -0.1) is 11.3 Å². The molecule has 0 saturated carbocycles. The number of anilines is 1. The third kappa shape index (κ3) is 3.07. The van der Waals surface area contributed by atoms with Crippen molar-refractivity contribution in [3.05, 3.63) is 33.7 Å². The summed E-state index contributed by atoms with van der Waals surface area (Å²) in [6.45, 7) is 1.84. The molecule has 0 aromatic carbocycles. The molecule has 2 rings (SSSR count). The summed E-state index contributed by atoms with van der Waals surface area (Å²) in [7, 11) is -2.19. The molecule has 1 N–H and O–H groups in total. The highest BCUT2D eigenvalue weighted by Crippen LogP contribution is 2.32. The molecule has 19 heavy (non-hydrogen) atoms. The molecular weight excluding hydrogens is 352 g/mol. The van der Waals surface area contributed by atoms with Gasteiger partial charge in [0.15, 0.2) is 0 Å². The zero-order valence-electron chi connectivity index (χ0n) is 10.2. The molecule has 0 aliphatic rings. The van der Waals surface area contributed by atoms with Crippen LogP contribution in [0.5, 0.6) is 5.88 Å². The van der Waals surface area contributed by atoms with Gasteiger partial charge >= 0.3 is 0 Å². The molecule has 0 atom stereocenters. The van der Waals surface area contributed by atoms with Gasteiger partial charge in [-0.1, -0.05) is 0 Å². The maximum absolute atomic E-state index is 12.2. The smallest absolute Gasteiger partial charge is 0.271 e. The van der Waals surface area contributed by atoms with Crippen molar-refractivity contribution in [3.63, 3.8) is 0 Å². The van der Waals surface area contributed by atoms with Gasteiger partial charge in [0.1, 0.15) is 9.90 Å². The number of nitrogens with zero attached hydrogens (tertiary/aromatic N) is 1. The average Bonchev–Trinajstić information content (AvgIpc) is 2.71. The summed E-state index contributed by atoms with van der Waals surface area (Å²) in [6, 6.07) is 4.84. The number of thiophene rings is 1. The number of halogens is 1. The average molecular weight is 363 g/mol. The van der Waals surface area contributed by atoms with Crippen LogP contribution in [0.3, 0.4) is 0 Å². The monoisotopic (exact) mass is 362 g/mol. The Bertz CT molecular complexity index is 678. The summed E-state index contributed by atoms with van der Waals surface area (Å²) in [6.07, 6.45) is 1.53. The van der Waals surface area contributed by atoms with Crippen LogP contribution in [0.15, 0.2) is 32.4 Å². The van der Waals surface area contributed by atoms with Crippen molar-refractivity contribution in [2.75, 3.05) is 11.8 Å². The number of aromatic nitrogens is 1. The van der Waals surface area contributed by atoms with E-state index in [0.717, 1.165) is 20.7 Å². The molecule has 0 amide bonds. The Hall–Kier alpha value is -1.12. The van der Waals surface area contributed by atoms with E-state index in [-0.39, 0.29) is 10.1 Å². The van der Waals surface area contributed by atoms with Gasteiger partial charge < -0.3 is 4.74 Å². The summed E-state index contributed by atoms with van der Waals surface area (Å²) in [5, 5.41) is 0. The highest BCUT2D eigenvalue weighted by Gasteiger charge is 2.20. The van der Waals surface area contributed by atoms with E-state index in [1.54, 1.807) is 18.2 Å². The van der Waals surface area contributed by atoms with Crippen LogP contribution in [0, 0.1) is 6.92 Å². The van der Waals surface area contributed by atoms with Gasteiger partial charge in [-0.05, 0) is 46.6 Å². The summed E-state index contributed by atoms with van der Waals surface area (Å²) >= 11 is 4.47. The van der Waals surface area contributed by atoms with Crippen molar-refractivity contribution >= 4 is 43.0 Å². The second kappa shape index (κ2) is 5.48. The van der Waals surface area contributed by atoms with Crippen molar-refractivity contribution in [3.8, 4) is 5.88 Å². The first-order chi connectivity index (χ1) is 8.94. The van der Waals surface area contributed by atoms with E-state index in [4.69, 9.17) is 4.74 Å². The van der Waals surface area contributed by atoms with Crippen molar-refractivity contribution < 1.29 is 13.2 Å². The second-order valence-corrected chi connectivity index (χ2v) is 7.97. The first-order valence-electron chi connectivity index (χ1n) is 5.22. The Morgan fingerprint density at radius 2 is 2.21 bits per heavy atom. The fraction of sp³-hybridized carbons (Fsp3) is 0.182. The summed E-state index contributed by atoms with van der Waals surface area (Å²) in [5.41, 5.74) is 1.19.